The first-order chi connectivity index (χ1) is 19.2. The Morgan fingerprint density at radius 3 is 2.50 bits per heavy atom. The molecule has 0 bridgehead atoms. The second-order valence-corrected chi connectivity index (χ2v) is 11.2. The summed E-state index contributed by atoms with van der Waals surface area (Å²) in [6.07, 6.45) is 0.777. The number of anilines is 1. The van der Waals surface area contributed by atoms with E-state index in [1.54, 1.807) is 24.3 Å². The summed E-state index contributed by atoms with van der Waals surface area (Å²) in [6, 6.07) is 14.6. The standard InChI is InChI=1S/C29H31ClN2O7S/c1-16(2)20-8-3-4-9-21(20)32-28(35)24(17-10-12-31-13-11-17)39-19-7-5-6-18(14-19)26-23(30)25(38-15-22(33)34)27(40-26)29(36)37/h3-9,14,16-17,24,31H,10-13,15H2,1-2H3,(H,32,35)(H,33,34)(H,36,37). The van der Waals surface area contributed by atoms with Crippen LogP contribution in [0.1, 0.15) is 47.8 Å². The van der Waals surface area contributed by atoms with Gasteiger partial charge < -0.3 is 30.3 Å². The van der Waals surface area contributed by atoms with E-state index in [0.29, 0.717) is 16.2 Å². The average Bonchev–Trinajstić information content (AvgIpc) is 3.27. The molecule has 212 valence electrons. The lowest BCUT2D eigenvalue weighted by Gasteiger charge is -2.30. The number of hydrogen-bond acceptors (Lipinski definition) is 7. The third-order valence-electron chi connectivity index (χ3n) is 6.61. The van der Waals surface area contributed by atoms with Crippen LogP contribution in [0.5, 0.6) is 11.5 Å². The lowest BCUT2D eigenvalue weighted by Crippen LogP contribution is -2.44. The number of aromatic carboxylic acids is 1. The van der Waals surface area contributed by atoms with Crippen LogP contribution in [0.25, 0.3) is 10.4 Å². The first kappa shape index (κ1) is 29.4. The van der Waals surface area contributed by atoms with Crippen molar-refractivity contribution < 1.29 is 34.1 Å². The monoisotopic (exact) mass is 586 g/mol. The number of amides is 1. The molecule has 1 unspecified atom stereocenters. The van der Waals surface area contributed by atoms with E-state index in [-0.39, 0.29) is 33.4 Å². The Morgan fingerprint density at radius 2 is 1.82 bits per heavy atom. The molecule has 1 amide bonds. The normalized spacial score (nSPS) is 14.5. The molecule has 11 heteroatoms. The van der Waals surface area contributed by atoms with Crippen LogP contribution >= 0.6 is 22.9 Å². The van der Waals surface area contributed by atoms with Crippen molar-refractivity contribution in [2.45, 2.75) is 38.7 Å². The Morgan fingerprint density at radius 1 is 1.10 bits per heavy atom. The predicted molar refractivity (Wildman–Crippen MR) is 154 cm³/mol. The maximum Gasteiger partial charge on any atom is 0.349 e. The molecule has 9 nitrogen and oxygen atoms in total. The predicted octanol–water partition coefficient (Wildman–Crippen LogP) is 5.74. The molecule has 0 spiro atoms. The van der Waals surface area contributed by atoms with Gasteiger partial charge in [-0.05, 0) is 61.2 Å². The zero-order chi connectivity index (χ0) is 28.8. The van der Waals surface area contributed by atoms with Crippen molar-refractivity contribution in [1.82, 2.24) is 5.32 Å². The molecule has 1 saturated heterocycles. The van der Waals surface area contributed by atoms with Gasteiger partial charge >= 0.3 is 11.9 Å². The first-order valence-electron chi connectivity index (χ1n) is 12.9. The number of ether oxygens (including phenoxy) is 2. The highest BCUT2D eigenvalue weighted by Crippen LogP contribution is 2.46. The first-order valence-corrected chi connectivity index (χ1v) is 14.1. The summed E-state index contributed by atoms with van der Waals surface area (Å²) >= 11 is 7.34. The van der Waals surface area contributed by atoms with E-state index >= 15 is 0 Å². The zero-order valence-electron chi connectivity index (χ0n) is 22.1. The van der Waals surface area contributed by atoms with Crippen LogP contribution in [0.3, 0.4) is 0 Å². The number of thiophene rings is 1. The van der Waals surface area contributed by atoms with Crippen LogP contribution in [0.4, 0.5) is 5.69 Å². The summed E-state index contributed by atoms with van der Waals surface area (Å²) in [4.78, 5) is 36.6. The number of carbonyl (C=O) groups is 3. The minimum absolute atomic E-state index is 0.00117. The molecule has 0 aliphatic carbocycles. The Kier molecular flexibility index (Phi) is 9.67. The third-order valence-corrected chi connectivity index (χ3v) is 8.29. The Hall–Kier alpha value is -3.60. The number of halogens is 1. The molecule has 1 aliphatic rings. The minimum atomic E-state index is -1.28. The van der Waals surface area contributed by atoms with E-state index in [1.807, 2.05) is 24.3 Å². The SMILES string of the molecule is CC(C)c1ccccc1NC(=O)C(Oc1cccc(-c2sc(C(=O)O)c(OCC(=O)O)c2Cl)c1)C1CCNCC1. The van der Waals surface area contributed by atoms with E-state index in [2.05, 4.69) is 24.5 Å². The number of benzene rings is 2. The number of carboxylic acids is 2. The van der Waals surface area contributed by atoms with E-state index in [0.717, 1.165) is 48.5 Å². The molecule has 40 heavy (non-hydrogen) atoms. The molecular formula is C29H31ClN2O7S. The molecule has 4 N–H and O–H groups in total. The summed E-state index contributed by atoms with van der Waals surface area (Å²) < 4.78 is 11.5. The lowest BCUT2D eigenvalue weighted by molar-refractivity contribution is -0.139. The van der Waals surface area contributed by atoms with Crippen molar-refractivity contribution in [3.8, 4) is 21.9 Å². The highest BCUT2D eigenvalue weighted by Gasteiger charge is 2.32. The minimum Gasteiger partial charge on any atom is -0.480 e. The quantitative estimate of drug-likeness (QED) is 0.223. The van der Waals surface area contributed by atoms with Gasteiger partial charge in [-0.15, -0.1) is 11.3 Å². The molecular weight excluding hydrogens is 556 g/mol. The van der Waals surface area contributed by atoms with Crippen molar-refractivity contribution in [2.75, 3.05) is 25.0 Å². The van der Waals surface area contributed by atoms with Gasteiger partial charge in [-0.2, -0.15) is 0 Å². The van der Waals surface area contributed by atoms with E-state index < -0.39 is 24.6 Å². The molecule has 1 atom stereocenters. The maximum atomic E-state index is 13.6. The van der Waals surface area contributed by atoms with Crippen LogP contribution in [0.2, 0.25) is 5.02 Å². The van der Waals surface area contributed by atoms with E-state index in [9.17, 15) is 19.5 Å². The lowest BCUT2D eigenvalue weighted by atomic mass is 9.91. The number of nitrogens with one attached hydrogen (secondary N) is 2. The van der Waals surface area contributed by atoms with E-state index in [4.69, 9.17) is 26.2 Å². The number of carbonyl (C=O) groups excluding carboxylic acids is 1. The van der Waals surface area contributed by atoms with Gasteiger partial charge in [0.05, 0.1) is 4.88 Å². The van der Waals surface area contributed by atoms with Gasteiger partial charge in [0.15, 0.2) is 23.3 Å². The van der Waals surface area contributed by atoms with Crippen LogP contribution < -0.4 is 20.1 Å². The van der Waals surface area contributed by atoms with Gasteiger partial charge in [0.2, 0.25) is 0 Å². The van der Waals surface area contributed by atoms with Gasteiger partial charge in [0.25, 0.3) is 5.91 Å². The summed E-state index contributed by atoms with van der Waals surface area (Å²) in [5.74, 6) is -2.35. The number of carboxylic acid groups (broad SMARTS) is 2. The van der Waals surface area contributed by atoms with Crippen molar-refractivity contribution >= 4 is 46.5 Å². The number of piperidine rings is 1. The summed E-state index contributed by atoms with van der Waals surface area (Å²) in [5, 5.41) is 25.0. The average molecular weight is 587 g/mol. The summed E-state index contributed by atoms with van der Waals surface area (Å²) in [5.41, 5.74) is 2.33. The van der Waals surface area contributed by atoms with Gasteiger partial charge in [-0.1, -0.05) is 55.8 Å². The number of para-hydroxylation sites is 1. The second kappa shape index (κ2) is 13.2. The number of aliphatic carboxylic acids is 1. The van der Waals surface area contributed by atoms with Crippen molar-refractivity contribution in [3.63, 3.8) is 0 Å². The van der Waals surface area contributed by atoms with Crippen LogP contribution in [0.15, 0.2) is 48.5 Å². The Bertz CT molecular complexity index is 1380. The molecule has 2 aromatic carbocycles. The molecule has 1 aromatic heterocycles. The molecule has 4 rings (SSSR count). The van der Waals surface area contributed by atoms with Crippen LogP contribution in [-0.4, -0.2) is 53.9 Å². The molecule has 2 heterocycles. The fourth-order valence-electron chi connectivity index (χ4n) is 4.67. The number of rotatable bonds is 11. The van der Waals surface area contributed by atoms with Crippen molar-refractivity contribution in [1.29, 1.82) is 0 Å². The van der Waals surface area contributed by atoms with Gasteiger partial charge in [-0.3, -0.25) is 4.79 Å². The van der Waals surface area contributed by atoms with Gasteiger partial charge in [0.1, 0.15) is 10.8 Å². The molecule has 0 saturated carbocycles. The molecule has 0 radical (unpaired) electrons. The third kappa shape index (κ3) is 6.93. The fraction of sp³-hybridized carbons (Fsp3) is 0.345. The molecule has 1 aliphatic heterocycles. The fourth-order valence-corrected chi connectivity index (χ4v) is 6.07. The highest BCUT2D eigenvalue weighted by atomic mass is 35.5. The summed E-state index contributed by atoms with van der Waals surface area (Å²) in [6.45, 7) is 4.97. The Balaban J connectivity index is 1.63. The van der Waals surface area contributed by atoms with Crippen LogP contribution in [-0.2, 0) is 9.59 Å². The largest absolute Gasteiger partial charge is 0.480 e. The van der Waals surface area contributed by atoms with E-state index in [1.165, 1.54) is 0 Å². The molecule has 1 fully saturated rings. The Labute approximate surface area is 241 Å². The van der Waals surface area contributed by atoms with Crippen LogP contribution in [0, 0.1) is 5.92 Å². The van der Waals surface area contributed by atoms with Crippen molar-refractivity contribution in [3.05, 3.63) is 64.0 Å². The second-order valence-electron chi connectivity index (χ2n) is 9.78. The zero-order valence-corrected chi connectivity index (χ0v) is 23.7. The number of hydrogen-bond donors (Lipinski definition) is 4. The van der Waals surface area contributed by atoms with Crippen molar-refractivity contribution in [2.24, 2.45) is 5.92 Å². The topological polar surface area (TPSA) is 134 Å². The summed E-state index contributed by atoms with van der Waals surface area (Å²) in [7, 11) is 0. The highest BCUT2D eigenvalue weighted by molar-refractivity contribution is 7.18. The molecule has 3 aromatic rings. The van der Waals surface area contributed by atoms with Gasteiger partial charge in [0, 0.05) is 11.6 Å². The smallest absolute Gasteiger partial charge is 0.349 e. The van der Waals surface area contributed by atoms with Gasteiger partial charge in [-0.25, -0.2) is 9.59 Å². The maximum absolute atomic E-state index is 13.6.